The van der Waals surface area contributed by atoms with Crippen LogP contribution in [0.1, 0.15) is 11.1 Å². The molecule has 1 aliphatic heterocycles. The lowest BCUT2D eigenvalue weighted by Crippen LogP contribution is -2.33. The van der Waals surface area contributed by atoms with Crippen LogP contribution in [-0.2, 0) is 16.2 Å². The van der Waals surface area contributed by atoms with Gasteiger partial charge >= 0.3 is 5.97 Å². The zero-order valence-corrected chi connectivity index (χ0v) is 16.5. The number of pyridine rings is 1. The van der Waals surface area contributed by atoms with Gasteiger partial charge in [0.05, 0.1) is 12.0 Å². The maximum Gasteiger partial charge on any atom is 0.323 e. The summed E-state index contributed by atoms with van der Waals surface area (Å²) in [6, 6.07) is 9.00. The third kappa shape index (κ3) is 4.68. The average molecular weight is 416 g/mol. The van der Waals surface area contributed by atoms with Crippen molar-refractivity contribution in [2.24, 2.45) is 0 Å². The first-order valence-corrected chi connectivity index (χ1v) is 9.37. The van der Waals surface area contributed by atoms with E-state index >= 15 is 0 Å². The van der Waals surface area contributed by atoms with E-state index in [1.54, 1.807) is 36.7 Å². The van der Waals surface area contributed by atoms with E-state index in [0.717, 1.165) is 22.2 Å². The predicted molar refractivity (Wildman–Crippen MR) is 109 cm³/mol. The van der Waals surface area contributed by atoms with Crippen molar-refractivity contribution < 1.29 is 24.2 Å². The van der Waals surface area contributed by atoms with Crippen molar-refractivity contribution in [1.82, 2.24) is 9.88 Å². The van der Waals surface area contributed by atoms with E-state index in [1.807, 2.05) is 12.1 Å². The van der Waals surface area contributed by atoms with E-state index in [4.69, 9.17) is 26.8 Å². The number of amides is 1. The van der Waals surface area contributed by atoms with Crippen LogP contribution in [0.4, 0.5) is 0 Å². The fraction of sp³-hybridized carbons (Fsp3) is 0.158. The number of thiocarbonyl (C=S) groups is 1. The first kappa shape index (κ1) is 19.8. The lowest BCUT2D eigenvalue weighted by molar-refractivity contribution is -0.140. The fourth-order valence-electron chi connectivity index (χ4n) is 2.46. The molecule has 2 aromatic rings. The Morgan fingerprint density at radius 1 is 1.29 bits per heavy atom. The smallest absolute Gasteiger partial charge is 0.323 e. The number of thioether (sulfide) groups is 1. The van der Waals surface area contributed by atoms with Gasteiger partial charge in [0.15, 0.2) is 11.5 Å². The maximum absolute atomic E-state index is 12.4. The van der Waals surface area contributed by atoms with Gasteiger partial charge in [-0.05, 0) is 41.5 Å². The maximum atomic E-state index is 12.4. The number of aromatic nitrogens is 1. The van der Waals surface area contributed by atoms with E-state index in [0.29, 0.717) is 28.6 Å². The molecule has 1 aliphatic rings. The summed E-state index contributed by atoms with van der Waals surface area (Å²) in [5.41, 5.74) is 1.69. The number of carboxylic acid groups (broad SMARTS) is 1. The Hall–Kier alpha value is -2.91. The zero-order valence-electron chi connectivity index (χ0n) is 14.8. The summed E-state index contributed by atoms with van der Waals surface area (Å²) in [5.74, 6) is -0.456. The lowest BCUT2D eigenvalue weighted by Gasteiger charge is -2.11. The van der Waals surface area contributed by atoms with Crippen LogP contribution in [0.25, 0.3) is 6.08 Å². The van der Waals surface area contributed by atoms with Gasteiger partial charge in [-0.25, -0.2) is 0 Å². The Labute approximate surface area is 171 Å². The van der Waals surface area contributed by atoms with Gasteiger partial charge in [0.2, 0.25) is 0 Å². The predicted octanol–water partition coefficient (Wildman–Crippen LogP) is 2.96. The Bertz CT molecular complexity index is 947. The molecule has 1 aromatic carbocycles. The third-order valence-corrected chi connectivity index (χ3v) is 5.17. The first-order chi connectivity index (χ1) is 13.5. The summed E-state index contributed by atoms with van der Waals surface area (Å²) in [6.45, 7) is -0.0841. The second-order valence-corrected chi connectivity index (χ2v) is 7.39. The molecule has 1 fully saturated rings. The highest BCUT2D eigenvalue weighted by atomic mass is 32.2. The van der Waals surface area contributed by atoms with Crippen LogP contribution in [0.3, 0.4) is 0 Å². The highest BCUT2D eigenvalue weighted by Gasteiger charge is 2.33. The van der Waals surface area contributed by atoms with Crippen LogP contribution in [0.15, 0.2) is 47.6 Å². The van der Waals surface area contributed by atoms with Crippen LogP contribution in [-0.4, -0.2) is 44.8 Å². The molecule has 0 unspecified atom stereocenters. The van der Waals surface area contributed by atoms with Crippen molar-refractivity contribution in [3.8, 4) is 11.5 Å². The minimum atomic E-state index is -1.12. The Morgan fingerprint density at radius 2 is 2.04 bits per heavy atom. The lowest BCUT2D eigenvalue weighted by atomic mass is 10.2. The molecule has 0 spiro atoms. The average Bonchev–Trinajstić information content (AvgIpc) is 2.94. The van der Waals surface area contributed by atoms with Crippen molar-refractivity contribution in [1.29, 1.82) is 0 Å². The number of methoxy groups -OCH3 is 1. The molecule has 0 radical (unpaired) electrons. The summed E-state index contributed by atoms with van der Waals surface area (Å²) in [4.78, 5) is 28.6. The SMILES string of the molecule is COc1cc(/C=C2\SC(=S)N(CC(=O)O)C2=O)ccc1OCc1ccncc1. The van der Waals surface area contributed by atoms with Gasteiger partial charge in [-0.3, -0.25) is 19.5 Å². The minimum absolute atomic E-state index is 0.225. The topological polar surface area (TPSA) is 89.0 Å². The highest BCUT2D eigenvalue weighted by molar-refractivity contribution is 8.26. The van der Waals surface area contributed by atoms with Gasteiger partial charge in [0, 0.05) is 12.4 Å². The molecule has 144 valence electrons. The standard InChI is InChI=1S/C19H16N2O5S2/c1-25-15-8-13(2-3-14(15)26-11-12-4-6-20-7-5-12)9-16-18(24)21(10-17(22)23)19(27)28-16/h2-9H,10-11H2,1H3,(H,22,23)/b16-9-. The Kier molecular flexibility index (Phi) is 6.27. The summed E-state index contributed by atoms with van der Waals surface area (Å²) >= 11 is 6.17. The number of benzene rings is 1. The Balaban J connectivity index is 1.76. The van der Waals surface area contributed by atoms with Crippen LogP contribution in [0.5, 0.6) is 11.5 Å². The summed E-state index contributed by atoms with van der Waals surface area (Å²) in [7, 11) is 1.53. The molecule has 1 saturated heterocycles. The second kappa shape index (κ2) is 8.85. The molecule has 7 nitrogen and oxygen atoms in total. The molecule has 0 atom stereocenters. The van der Waals surface area contributed by atoms with Crippen molar-refractivity contribution in [2.45, 2.75) is 6.61 Å². The van der Waals surface area contributed by atoms with E-state index in [9.17, 15) is 9.59 Å². The number of aliphatic carboxylic acids is 1. The Morgan fingerprint density at radius 3 is 2.71 bits per heavy atom. The zero-order chi connectivity index (χ0) is 20.1. The molecular formula is C19H16N2O5S2. The molecule has 9 heteroatoms. The molecule has 0 saturated carbocycles. The molecule has 0 bridgehead atoms. The van der Waals surface area contributed by atoms with Gasteiger partial charge in [-0.15, -0.1) is 0 Å². The van der Waals surface area contributed by atoms with E-state index < -0.39 is 18.4 Å². The number of carbonyl (C=O) groups excluding carboxylic acids is 1. The summed E-state index contributed by atoms with van der Waals surface area (Å²) in [6.07, 6.45) is 5.04. The van der Waals surface area contributed by atoms with Gasteiger partial charge in [0.25, 0.3) is 5.91 Å². The van der Waals surface area contributed by atoms with E-state index in [-0.39, 0.29) is 4.32 Å². The third-order valence-electron chi connectivity index (χ3n) is 3.80. The molecule has 3 rings (SSSR count). The van der Waals surface area contributed by atoms with Crippen molar-refractivity contribution in [3.05, 3.63) is 58.8 Å². The molecule has 1 aromatic heterocycles. The number of carboxylic acids is 1. The second-order valence-electron chi connectivity index (χ2n) is 5.72. The van der Waals surface area contributed by atoms with Gasteiger partial charge in [-0.2, -0.15) is 0 Å². The number of nitrogens with zero attached hydrogens (tertiary/aromatic N) is 2. The van der Waals surface area contributed by atoms with E-state index in [2.05, 4.69) is 4.98 Å². The normalized spacial score (nSPS) is 15.2. The van der Waals surface area contributed by atoms with Crippen LogP contribution in [0, 0.1) is 0 Å². The monoisotopic (exact) mass is 416 g/mol. The number of carbonyl (C=O) groups is 2. The van der Waals surface area contributed by atoms with Gasteiger partial charge < -0.3 is 14.6 Å². The molecule has 1 N–H and O–H groups in total. The van der Waals surface area contributed by atoms with Crippen LogP contribution < -0.4 is 9.47 Å². The summed E-state index contributed by atoms with van der Waals surface area (Å²) < 4.78 is 11.4. The largest absolute Gasteiger partial charge is 0.493 e. The number of hydrogen-bond acceptors (Lipinski definition) is 7. The molecule has 0 aliphatic carbocycles. The summed E-state index contributed by atoms with van der Waals surface area (Å²) in [5, 5.41) is 8.90. The fourth-order valence-corrected chi connectivity index (χ4v) is 3.71. The van der Waals surface area contributed by atoms with E-state index in [1.165, 1.54) is 7.11 Å². The quantitative estimate of drug-likeness (QED) is 0.544. The highest BCUT2D eigenvalue weighted by Crippen LogP contribution is 2.34. The number of ether oxygens (including phenoxy) is 2. The van der Waals surface area contributed by atoms with Gasteiger partial charge in [0.1, 0.15) is 17.5 Å². The van der Waals surface area contributed by atoms with Gasteiger partial charge in [-0.1, -0.05) is 30.0 Å². The van der Waals surface area contributed by atoms with Crippen LogP contribution >= 0.6 is 24.0 Å². The molecule has 2 heterocycles. The number of hydrogen-bond donors (Lipinski definition) is 1. The van der Waals surface area contributed by atoms with Crippen molar-refractivity contribution >= 4 is 46.3 Å². The molecular weight excluding hydrogens is 400 g/mol. The first-order valence-electron chi connectivity index (χ1n) is 8.15. The number of rotatable bonds is 7. The van der Waals surface area contributed by atoms with Crippen molar-refractivity contribution in [3.63, 3.8) is 0 Å². The minimum Gasteiger partial charge on any atom is -0.493 e. The van der Waals surface area contributed by atoms with Crippen LogP contribution in [0.2, 0.25) is 0 Å². The molecule has 28 heavy (non-hydrogen) atoms. The molecule has 1 amide bonds. The van der Waals surface area contributed by atoms with Crippen molar-refractivity contribution in [2.75, 3.05) is 13.7 Å².